The monoisotopic (exact) mass is 278 g/mol. The Morgan fingerprint density at radius 2 is 2.25 bits per heavy atom. The summed E-state index contributed by atoms with van der Waals surface area (Å²) >= 11 is 0. The van der Waals surface area contributed by atoms with Crippen molar-refractivity contribution in [1.82, 2.24) is 0 Å². The van der Waals surface area contributed by atoms with Gasteiger partial charge in [-0.25, -0.2) is 0 Å². The maximum atomic E-state index is 11.2. The third-order valence-corrected chi connectivity index (χ3v) is 5.22. The second-order valence-corrected chi connectivity index (χ2v) is 6.33. The molecule has 2 bridgehead atoms. The number of hydrogen-bond acceptors (Lipinski definition) is 3. The maximum Gasteiger partial charge on any atom is 0.302 e. The molecule has 1 fully saturated rings. The molecule has 0 N–H and O–H groups in total. The van der Waals surface area contributed by atoms with Gasteiger partial charge < -0.3 is 9.47 Å². The number of rotatable bonds is 3. The molecule has 1 heterocycles. The summed E-state index contributed by atoms with van der Waals surface area (Å²) in [7, 11) is 0. The minimum absolute atomic E-state index is 0.0894. The molecule has 0 amide bonds. The van der Waals surface area contributed by atoms with E-state index in [9.17, 15) is 4.79 Å². The van der Waals surface area contributed by atoms with Gasteiger partial charge in [0.15, 0.2) is 0 Å². The van der Waals surface area contributed by atoms with E-state index in [0.717, 1.165) is 0 Å². The van der Waals surface area contributed by atoms with Crippen LogP contribution < -0.4 is 0 Å². The summed E-state index contributed by atoms with van der Waals surface area (Å²) in [6.07, 6.45) is 6.68. The molecule has 2 aliphatic rings. The van der Waals surface area contributed by atoms with Crippen LogP contribution in [0.1, 0.15) is 34.6 Å². The molecule has 5 atom stereocenters. The zero-order valence-corrected chi connectivity index (χ0v) is 13.2. The van der Waals surface area contributed by atoms with E-state index < -0.39 is 0 Å². The van der Waals surface area contributed by atoms with Crippen molar-refractivity contribution in [3.8, 4) is 0 Å². The Morgan fingerprint density at radius 3 is 2.85 bits per heavy atom. The lowest BCUT2D eigenvalue weighted by atomic mass is 9.56. The van der Waals surface area contributed by atoms with Crippen molar-refractivity contribution in [3.05, 3.63) is 23.8 Å². The topological polar surface area (TPSA) is 35.5 Å². The Balaban J connectivity index is 2.32. The van der Waals surface area contributed by atoms with Gasteiger partial charge in [-0.3, -0.25) is 4.79 Å². The molecule has 20 heavy (non-hydrogen) atoms. The Hall–Kier alpha value is -1.09. The standard InChI is InChI=1S/C17H26O3/c1-6-7-15-16-11(2)8-12(3)17(10-20-15,13(16)4)9-19-14(5)18/h6-8,12-13,15-16H,9-10H2,1-5H3/b7-6+/t12-,13-,15+,16-,17-/m0/s1. The molecule has 0 aromatic rings. The lowest BCUT2D eigenvalue weighted by Gasteiger charge is -2.54. The van der Waals surface area contributed by atoms with Crippen molar-refractivity contribution in [3.63, 3.8) is 0 Å². The van der Waals surface area contributed by atoms with Gasteiger partial charge in [-0.15, -0.1) is 0 Å². The number of ether oxygens (including phenoxy) is 2. The van der Waals surface area contributed by atoms with Crippen molar-refractivity contribution in [1.29, 1.82) is 0 Å². The molecule has 0 radical (unpaired) electrons. The molecular formula is C17H26O3. The van der Waals surface area contributed by atoms with Crippen LogP contribution in [0.25, 0.3) is 0 Å². The summed E-state index contributed by atoms with van der Waals surface area (Å²) in [5, 5.41) is 0. The van der Waals surface area contributed by atoms with E-state index in [-0.39, 0.29) is 17.5 Å². The third-order valence-electron chi connectivity index (χ3n) is 5.22. The van der Waals surface area contributed by atoms with Crippen LogP contribution in [0.3, 0.4) is 0 Å². The van der Waals surface area contributed by atoms with Crippen LogP contribution >= 0.6 is 0 Å². The lowest BCUT2D eigenvalue weighted by Crippen LogP contribution is -2.56. The van der Waals surface area contributed by atoms with E-state index in [1.54, 1.807) is 0 Å². The summed E-state index contributed by atoms with van der Waals surface area (Å²) in [5.41, 5.74) is 1.31. The van der Waals surface area contributed by atoms with Crippen molar-refractivity contribution < 1.29 is 14.3 Å². The Labute approximate surface area is 122 Å². The minimum Gasteiger partial charge on any atom is -0.465 e. The van der Waals surface area contributed by atoms with Gasteiger partial charge in [0.05, 0.1) is 19.3 Å². The SMILES string of the molecule is C/C=C/[C@H]1OC[C@@]2(COC(C)=O)[C@@H](C)C=C(C)[C@H]1[C@@H]2C. The molecule has 0 aromatic carbocycles. The molecule has 3 nitrogen and oxygen atoms in total. The van der Waals surface area contributed by atoms with E-state index in [2.05, 4.69) is 39.0 Å². The van der Waals surface area contributed by atoms with Crippen LogP contribution in [-0.2, 0) is 14.3 Å². The first-order chi connectivity index (χ1) is 9.42. The fraction of sp³-hybridized carbons (Fsp3) is 0.706. The molecule has 0 spiro atoms. The number of esters is 1. The zero-order valence-electron chi connectivity index (χ0n) is 13.2. The average Bonchev–Trinajstić information content (AvgIpc) is 2.36. The van der Waals surface area contributed by atoms with Crippen LogP contribution in [0.5, 0.6) is 0 Å². The number of hydrogen-bond donors (Lipinski definition) is 0. The highest BCUT2D eigenvalue weighted by Crippen LogP contribution is 2.52. The molecule has 1 aliphatic carbocycles. The van der Waals surface area contributed by atoms with E-state index in [1.807, 2.05) is 6.92 Å². The van der Waals surface area contributed by atoms with Gasteiger partial charge in [-0.2, -0.15) is 0 Å². The fourth-order valence-electron chi connectivity index (χ4n) is 3.91. The summed E-state index contributed by atoms with van der Waals surface area (Å²) in [4.78, 5) is 11.2. The van der Waals surface area contributed by atoms with Crippen LogP contribution in [0.4, 0.5) is 0 Å². The first-order valence-electron chi connectivity index (χ1n) is 7.48. The van der Waals surface area contributed by atoms with Crippen LogP contribution in [0.15, 0.2) is 23.8 Å². The van der Waals surface area contributed by atoms with Crippen molar-refractivity contribution in [2.24, 2.45) is 23.2 Å². The lowest BCUT2D eigenvalue weighted by molar-refractivity contribution is -0.171. The second-order valence-electron chi connectivity index (χ2n) is 6.33. The van der Waals surface area contributed by atoms with Crippen molar-refractivity contribution in [2.45, 2.75) is 40.7 Å². The molecular weight excluding hydrogens is 252 g/mol. The fourth-order valence-corrected chi connectivity index (χ4v) is 3.91. The smallest absolute Gasteiger partial charge is 0.302 e. The highest BCUT2D eigenvalue weighted by Gasteiger charge is 2.53. The molecule has 1 saturated heterocycles. The summed E-state index contributed by atoms with van der Waals surface area (Å²) < 4.78 is 11.5. The normalized spacial score (nSPS) is 40.5. The molecule has 112 valence electrons. The maximum absolute atomic E-state index is 11.2. The van der Waals surface area contributed by atoms with Crippen LogP contribution in [0.2, 0.25) is 0 Å². The number of carbonyl (C=O) groups is 1. The largest absolute Gasteiger partial charge is 0.465 e. The van der Waals surface area contributed by atoms with Crippen molar-refractivity contribution >= 4 is 5.97 Å². The van der Waals surface area contributed by atoms with Crippen LogP contribution in [-0.4, -0.2) is 25.3 Å². The number of fused-ring (bicyclic) bond motifs is 2. The highest BCUT2D eigenvalue weighted by atomic mass is 16.5. The zero-order chi connectivity index (χ0) is 14.9. The molecule has 0 unspecified atom stereocenters. The van der Waals surface area contributed by atoms with Gasteiger partial charge in [-0.05, 0) is 25.7 Å². The van der Waals surface area contributed by atoms with E-state index in [0.29, 0.717) is 31.0 Å². The highest BCUT2D eigenvalue weighted by molar-refractivity contribution is 5.65. The molecule has 1 aliphatic heterocycles. The van der Waals surface area contributed by atoms with Gasteiger partial charge in [-0.1, -0.05) is 37.6 Å². The van der Waals surface area contributed by atoms with Gasteiger partial charge in [0, 0.05) is 18.3 Å². The predicted octanol–water partition coefficient (Wildman–Crippen LogP) is 3.36. The van der Waals surface area contributed by atoms with Crippen molar-refractivity contribution in [2.75, 3.05) is 13.2 Å². The van der Waals surface area contributed by atoms with Gasteiger partial charge in [0.2, 0.25) is 0 Å². The quantitative estimate of drug-likeness (QED) is 0.586. The Morgan fingerprint density at radius 1 is 1.55 bits per heavy atom. The second kappa shape index (κ2) is 5.72. The number of allylic oxidation sites excluding steroid dienone is 2. The van der Waals surface area contributed by atoms with E-state index in [1.165, 1.54) is 12.5 Å². The minimum atomic E-state index is -0.211. The predicted molar refractivity (Wildman–Crippen MR) is 79.2 cm³/mol. The van der Waals surface area contributed by atoms with Crippen LogP contribution in [0, 0.1) is 23.2 Å². The first kappa shape index (κ1) is 15.3. The molecule has 0 saturated carbocycles. The van der Waals surface area contributed by atoms with Gasteiger partial charge in [0.25, 0.3) is 0 Å². The summed E-state index contributed by atoms with van der Waals surface area (Å²) in [6, 6.07) is 0. The van der Waals surface area contributed by atoms with E-state index >= 15 is 0 Å². The summed E-state index contributed by atoms with van der Waals surface area (Å²) in [5.74, 6) is 0.973. The molecule has 2 rings (SSSR count). The summed E-state index contributed by atoms with van der Waals surface area (Å²) in [6.45, 7) is 11.3. The van der Waals surface area contributed by atoms with E-state index in [4.69, 9.17) is 9.47 Å². The van der Waals surface area contributed by atoms with Gasteiger partial charge >= 0.3 is 5.97 Å². The molecule has 3 heteroatoms. The third kappa shape index (κ3) is 2.44. The Bertz CT molecular complexity index is 438. The average molecular weight is 278 g/mol. The van der Waals surface area contributed by atoms with Gasteiger partial charge in [0.1, 0.15) is 0 Å². The number of carbonyl (C=O) groups excluding carboxylic acids is 1. The Kier molecular flexibility index (Phi) is 4.38. The first-order valence-corrected chi connectivity index (χ1v) is 7.48. The molecule has 0 aromatic heterocycles.